The average molecular weight is 263 g/mol. The maximum atomic E-state index is 12.5. The molecule has 1 saturated heterocycles. The Bertz CT molecular complexity index is 496. The Morgan fingerprint density at radius 1 is 1.42 bits per heavy atom. The van der Waals surface area contributed by atoms with Crippen LogP contribution in [0.25, 0.3) is 0 Å². The lowest BCUT2D eigenvalue weighted by atomic mass is 10.0. The SMILES string of the molecule is Cc1cccc(N)c1C(=O)N1CCOCC1C(N)=O. The lowest BCUT2D eigenvalue weighted by Crippen LogP contribution is -2.54. The largest absolute Gasteiger partial charge is 0.398 e. The summed E-state index contributed by atoms with van der Waals surface area (Å²) in [6, 6.07) is 4.52. The van der Waals surface area contributed by atoms with Crippen molar-refractivity contribution in [1.82, 2.24) is 4.90 Å². The van der Waals surface area contributed by atoms with Gasteiger partial charge in [0.25, 0.3) is 5.91 Å². The van der Waals surface area contributed by atoms with E-state index < -0.39 is 11.9 Å². The molecule has 1 heterocycles. The highest BCUT2D eigenvalue weighted by atomic mass is 16.5. The summed E-state index contributed by atoms with van der Waals surface area (Å²) in [6.07, 6.45) is 0. The van der Waals surface area contributed by atoms with Crippen molar-refractivity contribution in [1.29, 1.82) is 0 Å². The summed E-state index contributed by atoms with van der Waals surface area (Å²) in [4.78, 5) is 25.4. The first-order chi connectivity index (χ1) is 9.02. The standard InChI is InChI=1S/C13H17N3O3/c1-8-3-2-4-9(14)11(8)13(18)16-5-6-19-7-10(16)12(15)17/h2-4,10H,5-7,14H2,1H3,(H2,15,17). The third kappa shape index (κ3) is 2.53. The van der Waals surface area contributed by atoms with Gasteiger partial charge in [-0.05, 0) is 18.6 Å². The molecular formula is C13H17N3O3. The molecule has 1 atom stereocenters. The minimum Gasteiger partial charge on any atom is -0.398 e. The van der Waals surface area contributed by atoms with Gasteiger partial charge >= 0.3 is 0 Å². The summed E-state index contributed by atoms with van der Waals surface area (Å²) in [5.41, 5.74) is 12.8. The first-order valence-electron chi connectivity index (χ1n) is 6.05. The average Bonchev–Trinajstić information content (AvgIpc) is 2.38. The van der Waals surface area contributed by atoms with Crippen LogP contribution in [0.1, 0.15) is 15.9 Å². The monoisotopic (exact) mass is 263 g/mol. The van der Waals surface area contributed by atoms with Gasteiger partial charge in [0.15, 0.2) is 0 Å². The summed E-state index contributed by atoms with van der Waals surface area (Å²) in [7, 11) is 0. The molecule has 0 radical (unpaired) electrons. The number of amides is 2. The topological polar surface area (TPSA) is 98.7 Å². The molecule has 1 aromatic rings. The molecule has 0 spiro atoms. The van der Waals surface area contributed by atoms with Crippen LogP contribution in [0, 0.1) is 6.92 Å². The van der Waals surface area contributed by atoms with Crippen molar-refractivity contribution in [3.63, 3.8) is 0 Å². The number of rotatable bonds is 2. The number of hydrogen-bond acceptors (Lipinski definition) is 4. The van der Waals surface area contributed by atoms with Crippen molar-refractivity contribution in [2.45, 2.75) is 13.0 Å². The van der Waals surface area contributed by atoms with Crippen molar-refractivity contribution in [3.8, 4) is 0 Å². The number of anilines is 1. The van der Waals surface area contributed by atoms with E-state index in [2.05, 4.69) is 0 Å². The first kappa shape index (κ1) is 13.4. The highest BCUT2D eigenvalue weighted by Crippen LogP contribution is 2.21. The predicted octanol–water partition coefficient (Wildman–Crippen LogP) is -0.0965. The van der Waals surface area contributed by atoms with Crippen LogP contribution in [0.4, 0.5) is 5.69 Å². The Labute approximate surface area is 111 Å². The van der Waals surface area contributed by atoms with Crippen LogP contribution in [-0.4, -0.2) is 42.5 Å². The van der Waals surface area contributed by atoms with Gasteiger partial charge in [0.05, 0.1) is 18.8 Å². The Morgan fingerprint density at radius 3 is 2.79 bits per heavy atom. The minimum atomic E-state index is -0.736. The number of aryl methyl sites for hydroxylation is 1. The molecule has 1 unspecified atom stereocenters. The van der Waals surface area contributed by atoms with E-state index in [1.54, 1.807) is 12.1 Å². The van der Waals surface area contributed by atoms with Gasteiger partial charge in [-0.2, -0.15) is 0 Å². The molecule has 2 rings (SSSR count). The number of benzene rings is 1. The number of hydrogen-bond donors (Lipinski definition) is 2. The van der Waals surface area contributed by atoms with E-state index in [4.69, 9.17) is 16.2 Å². The van der Waals surface area contributed by atoms with E-state index in [1.165, 1.54) is 4.90 Å². The van der Waals surface area contributed by atoms with Crippen LogP contribution in [-0.2, 0) is 9.53 Å². The number of nitrogen functional groups attached to an aromatic ring is 1. The maximum absolute atomic E-state index is 12.5. The Hall–Kier alpha value is -2.08. The zero-order valence-electron chi connectivity index (χ0n) is 10.8. The smallest absolute Gasteiger partial charge is 0.257 e. The van der Waals surface area contributed by atoms with Gasteiger partial charge < -0.3 is 21.1 Å². The number of carbonyl (C=O) groups is 2. The van der Waals surface area contributed by atoms with E-state index in [0.29, 0.717) is 24.4 Å². The Kier molecular flexibility index (Phi) is 3.71. The summed E-state index contributed by atoms with van der Waals surface area (Å²) >= 11 is 0. The Morgan fingerprint density at radius 2 is 2.16 bits per heavy atom. The molecule has 19 heavy (non-hydrogen) atoms. The Balaban J connectivity index is 2.34. The van der Waals surface area contributed by atoms with Gasteiger partial charge in [0.1, 0.15) is 6.04 Å². The fourth-order valence-corrected chi connectivity index (χ4v) is 2.21. The molecule has 0 aliphatic carbocycles. The van der Waals surface area contributed by atoms with Crippen molar-refractivity contribution in [2.75, 3.05) is 25.5 Å². The van der Waals surface area contributed by atoms with Crippen LogP contribution in [0.5, 0.6) is 0 Å². The zero-order chi connectivity index (χ0) is 14.0. The summed E-state index contributed by atoms with van der Waals surface area (Å²) in [5.74, 6) is -0.845. The third-order valence-electron chi connectivity index (χ3n) is 3.24. The molecule has 2 amide bonds. The van der Waals surface area contributed by atoms with Crippen LogP contribution in [0.3, 0.4) is 0 Å². The van der Waals surface area contributed by atoms with Crippen LogP contribution >= 0.6 is 0 Å². The van der Waals surface area contributed by atoms with E-state index in [-0.39, 0.29) is 12.5 Å². The fraction of sp³-hybridized carbons (Fsp3) is 0.385. The molecule has 0 aromatic heterocycles. The van der Waals surface area contributed by atoms with Crippen LogP contribution in [0.2, 0.25) is 0 Å². The molecule has 102 valence electrons. The van der Waals surface area contributed by atoms with E-state index in [1.807, 2.05) is 13.0 Å². The molecule has 1 fully saturated rings. The van der Waals surface area contributed by atoms with E-state index in [9.17, 15) is 9.59 Å². The molecule has 1 aliphatic heterocycles. The van der Waals surface area contributed by atoms with Crippen molar-refractivity contribution in [3.05, 3.63) is 29.3 Å². The second-order valence-corrected chi connectivity index (χ2v) is 4.53. The lowest BCUT2D eigenvalue weighted by molar-refractivity contribution is -0.127. The van der Waals surface area contributed by atoms with Crippen molar-refractivity contribution >= 4 is 17.5 Å². The van der Waals surface area contributed by atoms with Gasteiger partial charge in [0.2, 0.25) is 5.91 Å². The van der Waals surface area contributed by atoms with Crippen molar-refractivity contribution in [2.24, 2.45) is 5.73 Å². The van der Waals surface area contributed by atoms with E-state index >= 15 is 0 Å². The summed E-state index contributed by atoms with van der Waals surface area (Å²) in [6.45, 7) is 2.66. The fourth-order valence-electron chi connectivity index (χ4n) is 2.21. The highest BCUT2D eigenvalue weighted by molar-refractivity contribution is 6.02. The van der Waals surface area contributed by atoms with Gasteiger partial charge in [-0.1, -0.05) is 12.1 Å². The molecule has 0 saturated carbocycles. The van der Waals surface area contributed by atoms with E-state index in [0.717, 1.165) is 5.56 Å². The zero-order valence-corrected chi connectivity index (χ0v) is 10.8. The highest BCUT2D eigenvalue weighted by Gasteiger charge is 2.33. The summed E-state index contributed by atoms with van der Waals surface area (Å²) in [5, 5.41) is 0. The molecular weight excluding hydrogens is 246 g/mol. The van der Waals surface area contributed by atoms with Gasteiger partial charge in [-0.15, -0.1) is 0 Å². The molecule has 0 bridgehead atoms. The number of ether oxygens (including phenoxy) is 1. The predicted molar refractivity (Wildman–Crippen MR) is 70.4 cm³/mol. The number of nitrogens with two attached hydrogens (primary N) is 2. The number of nitrogens with zero attached hydrogens (tertiary/aromatic N) is 1. The molecule has 1 aromatic carbocycles. The second kappa shape index (κ2) is 5.27. The molecule has 6 heteroatoms. The molecule has 6 nitrogen and oxygen atoms in total. The number of carbonyl (C=O) groups excluding carboxylic acids is 2. The normalized spacial score (nSPS) is 19.2. The van der Waals surface area contributed by atoms with Gasteiger partial charge in [-0.3, -0.25) is 9.59 Å². The lowest BCUT2D eigenvalue weighted by Gasteiger charge is -2.34. The third-order valence-corrected chi connectivity index (χ3v) is 3.24. The molecule has 1 aliphatic rings. The molecule has 4 N–H and O–H groups in total. The van der Waals surface area contributed by atoms with Gasteiger partial charge in [0, 0.05) is 12.2 Å². The quantitative estimate of drug-likeness (QED) is 0.728. The number of primary amides is 1. The maximum Gasteiger partial charge on any atom is 0.257 e. The first-order valence-corrected chi connectivity index (χ1v) is 6.05. The minimum absolute atomic E-state index is 0.132. The second-order valence-electron chi connectivity index (χ2n) is 4.53. The number of morpholine rings is 1. The van der Waals surface area contributed by atoms with Crippen LogP contribution < -0.4 is 11.5 Å². The van der Waals surface area contributed by atoms with Crippen molar-refractivity contribution < 1.29 is 14.3 Å². The van der Waals surface area contributed by atoms with Crippen LogP contribution in [0.15, 0.2) is 18.2 Å². The van der Waals surface area contributed by atoms with Gasteiger partial charge in [-0.25, -0.2) is 0 Å². The summed E-state index contributed by atoms with van der Waals surface area (Å²) < 4.78 is 5.19.